The molecular weight excluding hydrogens is 364 g/mol. The van der Waals surface area contributed by atoms with Crippen molar-refractivity contribution in [2.24, 2.45) is 0 Å². The van der Waals surface area contributed by atoms with E-state index in [-0.39, 0.29) is 23.1 Å². The lowest BCUT2D eigenvalue weighted by Crippen LogP contribution is -2.48. The zero-order valence-corrected chi connectivity index (χ0v) is 16.4. The minimum absolute atomic E-state index is 0.0164. The van der Waals surface area contributed by atoms with Crippen molar-refractivity contribution >= 4 is 11.6 Å². The van der Waals surface area contributed by atoms with Gasteiger partial charge in [0.25, 0.3) is 11.5 Å². The van der Waals surface area contributed by atoms with Crippen LogP contribution in [0.15, 0.2) is 65.7 Å². The Morgan fingerprint density at radius 1 is 1.21 bits per heavy atom. The normalized spacial score (nSPS) is 16.4. The van der Waals surface area contributed by atoms with Crippen LogP contribution in [-0.2, 0) is 0 Å². The number of carbonyl (C=O) groups is 1. The van der Waals surface area contributed by atoms with E-state index in [9.17, 15) is 9.59 Å². The van der Waals surface area contributed by atoms with Crippen LogP contribution in [0.4, 0.5) is 5.69 Å². The first-order valence-electron chi connectivity index (χ1n) is 9.87. The number of anilines is 1. The summed E-state index contributed by atoms with van der Waals surface area (Å²) in [6.45, 7) is 3.48. The maximum atomic E-state index is 12.9. The molecule has 3 aromatic rings. The lowest BCUT2D eigenvalue weighted by molar-refractivity contribution is 0.0931. The van der Waals surface area contributed by atoms with Gasteiger partial charge in [-0.25, -0.2) is 0 Å². The molecule has 6 nitrogen and oxygen atoms in total. The van der Waals surface area contributed by atoms with Gasteiger partial charge in [0, 0.05) is 36.6 Å². The number of pyridine rings is 2. The third-order valence-electron chi connectivity index (χ3n) is 5.34. The summed E-state index contributed by atoms with van der Waals surface area (Å²) in [7, 11) is 0. The van der Waals surface area contributed by atoms with E-state index < -0.39 is 0 Å². The second kappa shape index (κ2) is 8.31. The van der Waals surface area contributed by atoms with Gasteiger partial charge in [-0.3, -0.25) is 14.6 Å². The standard InChI is InChI=1S/C23H24N4O2/c1-16-20(17-7-3-2-4-8-17)13-21(22(28)25-16)23(29)26-18-9-6-12-27(15-18)19-10-5-11-24-14-19/h2-5,7-8,10-11,13-14,18H,6,9,12,15H2,1H3,(H,25,28)(H,26,29). The number of benzene rings is 1. The molecule has 1 fully saturated rings. The average Bonchev–Trinajstić information content (AvgIpc) is 2.75. The molecule has 4 rings (SSSR count). The molecule has 1 aliphatic rings. The number of hydrogen-bond acceptors (Lipinski definition) is 4. The molecule has 0 saturated carbocycles. The molecule has 0 spiro atoms. The second-order valence-electron chi connectivity index (χ2n) is 7.39. The number of nitrogens with zero attached hydrogens (tertiary/aromatic N) is 2. The Morgan fingerprint density at radius 3 is 2.79 bits per heavy atom. The minimum atomic E-state index is -0.361. The van der Waals surface area contributed by atoms with Crippen LogP contribution in [0, 0.1) is 6.92 Å². The molecule has 1 saturated heterocycles. The lowest BCUT2D eigenvalue weighted by Gasteiger charge is -2.34. The molecule has 6 heteroatoms. The van der Waals surface area contributed by atoms with Gasteiger partial charge in [0.15, 0.2) is 0 Å². The van der Waals surface area contributed by atoms with Gasteiger partial charge in [-0.05, 0) is 43.5 Å². The number of piperidine rings is 1. The summed E-state index contributed by atoms with van der Waals surface area (Å²) < 4.78 is 0. The van der Waals surface area contributed by atoms with Gasteiger partial charge in [-0.15, -0.1) is 0 Å². The summed E-state index contributed by atoms with van der Waals surface area (Å²) in [6.07, 6.45) is 5.44. The Hall–Kier alpha value is -3.41. The minimum Gasteiger partial charge on any atom is -0.368 e. The molecule has 29 heavy (non-hydrogen) atoms. The molecule has 0 aliphatic carbocycles. The molecule has 0 radical (unpaired) electrons. The third kappa shape index (κ3) is 4.21. The predicted molar refractivity (Wildman–Crippen MR) is 114 cm³/mol. The van der Waals surface area contributed by atoms with Crippen molar-refractivity contribution in [3.63, 3.8) is 0 Å². The van der Waals surface area contributed by atoms with Gasteiger partial charge < -0.3 is 15.2 Å². The Labute approximate surface area is 169 Å². The molecule has 1 aliphatic heterocycles. The van der Waals surface area contributed by atoms with Crippen molar-refractivity contribution < 1.29 is 4.79 Å². The summed E-state index contributed by atoms with van der Waals surface area (Å²) >= 11 is 0. The summed E-state index contributed by atoms with van der Waals surface area (Å²) in [5.41, 5.74) is 3.41. The van der Waals surface area contributed by atoms with Crippen molar-refractivity contribution in [2.75, 3.05) is 18.0 Å². The number of aromatic amines is 1. The van der Waals surface area contributed by atoms with Gasteiger partial charge >= 0.3 is 0 Å². The number of amides is 1. The second-order valence-corrected chi connectivity index (χ2v) is 7.39. The van der Waals surface area contributed by atoms with Crippen LogP contribution in [0.5, 0.6) is 0 Å². The number of aromatic nitrogens is 2. The fourth-order valence-electron chi connectivity index (χ4n) is 3.84. The average molecular weight is 388 g/mol. The number of H-pyrrole nitrogens is 1. The Bertz CT molecular complexity index is 1050. The molecule has 0 bridgehead atoms. The molecule has 1 amide bonds. The summed E-state index contributed by atoms with van der Waals surface area (Å²) in [6, 6.07) is 15.4. The van der Waals surface area contributed by atoms with E-state index in [0.717, 1.165) is 41.9 Å². The van der Waals surface area contributed by atoms with Gasteiger partial charge in [-0.1, -0.05) is 30.3 Å². The quantitative estimate of drug-likeness (QED) is 0.720. The monoisotopic (exact) mass is 388 g/mol. The topological polar surface area (TPSA) is 78.1 Å². The lowest BCUT2D eigenvalue weighted by atomic mass is 10.0. The first-order chi connectivity index (χ1) is 14.1. The molecular formula is C23H24N4O2. The molecule has 1 atom stereocenters. The van der Waals surface area contributed by atoms with Crippen LogP contribution in [0.2, 0.25) is 0 Å². The molecule has 1 aromatic carbocycles. The third-order valence-corrected chi connectivity index (χ3v) is 5.34. The first-order valence-corrected chi connectivity index (χ1v) is 9.87. The summed E-state index contributed by atoms with van der Waals surface area (Å²) in [4.78, 5) is 34.6. The van der Waals surface area contributed by atoms with E-state index in [1.54, 1.807) is 12.3 Å². The SMILES string of the molecule is Cc1[nH]c(=O)c(C(=O)NC2CCCN(c3cccnc3)C2)cc1-c1ccccc1. The van der Waals surface area contributed by atoms with Crippen LogP contribution in [0.1, 0.15) is 28.9 Å². The van der Waals surface area contributed by atoms with Gasteiger partial charge in [0.2, 0.25) is 0 Å². The first kappa shape index (κ1) is 18.9. The molecule has 2 N–H and O–H groups in total. The zero-order chi connectivity index (χ0) is 20.2. The van der Waals surface area contributed by atoms with Crippen LogP contribution in [0.25, 0.3) is 11.1 Å². The van der Waals surface area contributed by atoms with Crippen LogP contribution in [0.3, 0.4) is 0 Å². The van der Waals surface area contributed by atoms with Crippen molar-refractivity contribution in [2.45, 2.75) is 25.8 Å². The van der Waals surface area contributed by atoms with Crippen LogP contribution < -0.4 is 15.8 Å². The van der Waals surface area contributed by atoms with Crippen LogP contribution in [-0.4, -0.2) is 35.0 Å². The Balaban J connectivity index is 1.53. The fourth-order valence-corrected chi connectivity index (χ4v) is 3.84. The molecule has 148 valence electrons. The smallest absolute Gasteiger partial charge is 0.261 e. The molecule has 2 aromatic heterocycles. The maximum absolute atomic E-state index is 12.9. The number of hydrogen-bond donors (Lipinski definition) is 2. The fraction of sp³-hybridized carbons (Fsp3) is 0.261. The van der Waals surface area contributed by atoms with Crippen LogP contribution >= 0.6 is 0 Å². The maximum Gasteiger partial charge on any atom is 0.261 e. The predicted octanol–water partition coefficient (Wildman–Crippen LogP) is 3.14. The number of aryl methyl sites for hydroxylation is 1. The zero-order valence-electron chi connectivity index (χ0n) is 16.4. The highest BCUT2D eigenvalue weighted by Gasteiger charge is 2.23. The van der Waals surface area contributed by atoms with Crippen molar-refractivity contribution in [1.29, 1.82) is 0 Å². The molecule has 1 unspecified atom stereocenters. The number of nitrogens with one attached hydrogen (secondary N) is 2. The van der Waals surface area contributed by atoms with Gasteiger partial charge in [-0.2, -0.15) is 0 Å². The largest absolute Gasteiger partial charge is 0.368 e. The van der Waals surface area contributed by atoms with E-state index in [1.807, 2.05) is 55.6 Å². The number of rotatable bonds is 4. The Kier molecular flexibility index (Phi) is 5.42. The molecule has 3 heterocycles. The highest BCUT2D eigenvalue weighted by atomic mass is 16.2. The van der Waals surface area contributed by atoms with E-state index in [0.29, 0.717) is 6.54 Å². The van der Waals surface area contributed by atoms with Crippen molar-refractivity contribution in [3.05, 3.63) is 82.5 Å². The van der Waals surface area contributed by atoms with Crippen molar-refractivity contribution in [1.82, 2.24) is 15.3 Å². The van der Waals surface area contributed by atoms with E-state index >= 15 is 0 Å². The Morgan fingerprint density at radius 2 is 2.03 bits per heavy atom. The van der Waals surface area contributed by atoms with Gasteiger partial charge in [0.05, 0.1) is 11.9 Å². The van der Waals surface area contributed by atoms with E-state index in [1.165, 1.54) is 0 Å². The van der Waals surface area contributed by atoms with Gasteiger partial charge in [0.1, 0.15) is 5.56 Å². The van der Waals surface area contributed by atoms with Crippen molar-refractivity contribution in [3.8, 4) is 11.1 Å². The van der Waals surface area contributed by atoms with E-state index in [2.05, 4.69) is 20.2 Å². The summed E-state index contributed by atoms with van der Waals surface area (Å²) in [5.74, 6) is -0.332. The highest BCUT2D eigenvalue weighted by molar-refractivity contribution is 5.95. The highest BCUT2D eigenvalue weighted by Crippen LogP contribution is 2.22. The number of carbonyl (C=O) groups excluding carboxylic acids is 1. The summed E-state index contributed by atoms with van der Waals surface area (Å²) in [5, 5.41) is 3.05. The van der Waals surface area contributed by atoms with E-state index in [4.69, 9.17) is 0 Å².